The van der Waals surface area contributed by atoms with Crippen LogP contribution in [0, 0.1) is 17.6 Å². The Balaban J connectivity index is 3.21. The molecule has 0 saturated carbocycles. The molecule has 2 amide bonds. The molecule has 0 unspecified atom stereocenters. The van der Waals surface area contributed by atoms with E-state index in [0.717, 1.165) is 25.7 Å². The summed E-state index contributed by atoms with van der Waals surface area (Å²) in [5.41, 5.74) is 0.190. The molecule has 4 N–H and O–H groups in total. The van der Waals surface area contributed by atoms with Crippen molar-refractivity contribution in [2.75, 3.05) is 26.0 Å². The third-order valence-electron chi connectivity index (χ3n) is 6.34. The number of carbonyl (C=O) groups excluding carboxylic acids is 2. The van der Waals surface area contributed by atoms with E-state index in [1.54, 1.807) is 0 Å². The molecule has 224 valence electrons. The molecule has 0 heterocycles. The van der Waals surface area contributed by atoms with E-state index in [1.807, 2.05) is 27.7 Å². The smallest absolute Gasteiger partial charge is 0.407 e. The summed E-state index contributed by atoms with van der Waals surface area (Å²) in [7, 11) is -2.71. The Labute approximate surface area is 231 Å². The molecule has 0 radical (unpaired) electrons. The number of halogens is 2. The lowest BCUT2D eigenvalue weighted by atomic mass is 10.00. The van der Waals surface area contributed by atoms with Gasteiger partial charge in [0.25, 0.3) is 0 Å². The average molecular weight is 578 g/mol. The number of nitrogens with one attached hydrogen (secondary N) is 3. The number of ether oxygens (including phenoxy) is 1. The predicted molar refractivity (Wildman–Crippen MR) is 147 cm³/mol. The molecule has 1 aromatic carbocycles. The molecule has 0 spiro atoms. The number of hydrogen-bond donors (Lipinski definition) is 4. The van der Waals surface area contributed by atoms with E-state index in [-0.39, 0.29) is 18.5 Å². The van der Waals surface area contributed by atoms with Crippen LogP contribution < -0.4 is 16.0 Å². The molecule has 1 aromatic rings. The van der Waals surface area contributed by atoms with Crippen LogP contribution in [0.3, 0.4) is 0 Å². The molecular weight excluding hydrogens is 532 g/mol. The molecule has 0 aliphatic carbocycles. The zero-order valence-corrected chi connectivity index (χ0v) is 24.5. The Bertz CT molecular complexity index is 983. The lowest BCUT2D eigenvalue weighted by Gasteiger charge is -2.28. The van der Waals surface area contributed by atoms with Gasteiger partial charge in [-0.2, -0.15) is 0 Å². The van der Waals surface area contributed by atoms with Gasteiger partial charge in [-0.15, -0.1) is 0 Å². The Morgan fingerprint density at radius 1 is 1.00 bits per heavy atom. The first-order valence-corrected chi connectivity index (χ1v) is 15.2. The highest BCUT2D eigenvalue weighted by molar-refractivity contribution is 7.92. The van der Waals surface area contributed by atoms with Crippen molar-refractivity contribution in [3.63, 3.8) is 0 Å². The second-order valence-corrected chi connectivity index (χ2v) is 12.6. The highest BCUT2D eigenvalue weighted by Gasteiger charge is 2.34. The minimum Gasteiger partial charge on any atom is -0.453 e. The van der Waals surface area contributed by atoms with Crippen LogP contribution in [0.15, 0.2) is 18.2 Å². The van der Waals surface area contributed by atoms with Gasteiger partial charge in [0.15, 0.2) is 9.84 Å². The Morgan fingerprint density at radius 3 is 2.10 bits per heavy atom. The lowest BCUT2D eigenvalue weighted by Crippen LogP contribution is -2.57. The van der Waals surface area contributed by atoms with Gasteiger partial charge in [-0.1, -0.05) is 40.5 Å². The van der Waals surface area contributed by atoms with Crippen LogP contribution in [0.25, 0.3) is 0 Å². The van der Waals surface area contributed by atoms with Gasteiger partial charge < -0.3 is 25.8 Å². The summed E-state index contributed by atoms with van der Waals surface area (Å²) in [6.45, 7) is 8.50. The summed E-state index contributed by atoms with van der Waals surface area (Å²) >= 11 is 0. The van der Waals surface area contributed by atoms with E-state index < -0.39 is 62.7 Å². The normalized spacial score (nSPS) is 14.2. The van der Waals surface area contributed by atoms with Gasteiger partial charge in [-0.05, 0) is 55.8 Å². The predicted octanol–water partition coefficient (Wildman–Crippen LogP) is 3.10. The van der Waals surface area contributed by atoms with Gasteiger partial charge in [0.05, 0.1) is 30.3 Å². The van der Waals surface area contributed by atoms with Gasteiger partial charge in [0.1, 0.15) is 17.7 Å². The largest absolute Gasteiger partial charge is 0.453 e. The van der Waals surface area contributed by atoms with Crippen molar-refractivity contribution in [2.45, 2.75) is 89.7 Å². The number of aliphatic hydroxyl groups excluding tert-OH is 1. The van der Waals surface area contributed by atoms with Crippen molar-refractivity contribution in [1.82, 2.24) is 16.0 Å². The van der Waals surface area contributed by atoms with Crippen LogP contribution in [0.4, 0.5) is 13.6 Å². The molecule has 0 aliphatic heterocycles. The van der Waals surface area contributed by atoms with Gasteiger partial charge in [-0.3, -0.25) is 4.79 Å². The number of methoxy groups -OCH3 is 1. The zero-order chi connectivity index (χ0) is 29.6. The summed E-state index contributed by atoms with van der Waals surface area (Å²) in [6.07, 6.45) is 0.621. The Hall–Kier alpha value is -2.31. The van der Waals surface area contributed by atoms with Gasteiger partial charge >= 0.3 is 6.09 Å². The number of carbonyl (C=O) groups is 2. The third-order valence-corrected chi connectivity index (χ3v) is 8.63. The number of benzene rings is 1. The number of aliphatic hydroxyl groups is 1. The summed E-state index contributed by atoms with van der Waals surface area (Å²) in [6, 6.07) is 0.347. The number of rotatable bonds is 18. The van der Waals surface area contributed by atoms with Crippen molar-refractivity contribution in [3.8, 4) is 0 Å². The fourth-order valence-electron chi connectivity index (χ4n) is 4.23. The van der Waals surface area contributed by atoms with Crippen LogP contribution in [0.1, 0.15) is 65.4 Å². The van der Waals surface area contributed by atoms with Crippen LogP contribution >= 0.6 is 0 Å². The number of alkyl carbamates (subject to hydrolysis) is 1. The molecular formula is C27H45F2N3O6S. The highest BCUT2D eigenvalue weighted by Crippen LogP contribution is 2.17. The first-order chi connectivity index (χ1) is 18.3. The highest BCUT2D eigenvalue weighted by atomic mass is 32.2. The monoisotopic (exact) mass is 577 g/mol. The molecule has 1 rings (SSSR count). The minimum absolute atomic E-state index is 0.0674. The van der Waals surface area contributed by atoms with Crippen molar-refractivity contribution in [1.29, 1.82) is 0 Å². The topological polar surface area (TPSA) is 134 Å². The van der Waals surface area contributed by atoms with E-state index in [2.05, 4.69) is 20.7 Å². The second kappa shape index (κ2) is 17.4. The zero-order valence-electron chi connectivity index (χ0n) is 23.6. The fourth-order valence-corrected chi connectivity index (χ4v) is 6.39. The Morgan fingerprint density at radius 2 is 1.59 bits per heavy atom. The maximum atomic E-state index is 13.8. The number of hydrogen-bond acceptors (Lipinski definition) is 7. The SMILES string of the molecule is CCCC(CCC)S(=O)(=O)C[C@@H](NC(=O)OC)C(=O)N[C@@H](Cc1cc(F)cc(F)c1)[C@H](O)CNCCC(C)C. The average Bonchev–Trinajstić information content (AvgIpc) is 2.84. The molecule has 0 aliphatic rings. The van der Waals surface area contributed by atoms with Crippen molar-refractivity contribution >= 4 is 21.8 Å². The maximum Gasteiger partial charge on any atom is 0.407 e. The third kappa shape index (κ3) is 13.1. The van der Waals surface area contributed by atoms with E-state index >= 15 is 0 Å². The van der Waals surface area contributed by atoms with Crippen LogP contribution in [0.2, 0.25) is 0 Å². The molecule has 39 heavy (non-hydrogen) atoms. The first-order valence-electron chi connectivity index (χ1n) is 13.5. The van der Waals surface area contributed by atoms with Crippen LogP contribution in [0.5, 0.6) is 0 Å². The molecule has 0 saturated heterocycles. The molecule has 9 nitrogen and oxygen atoms in total. The van der Waals surface area contributed by atoms with E-state index in [1.165, 1.54) is 0 Å². The molecule has 0 fully saturated rings. The van der Waals surface area contributed by atoms with Gasteiger partial charge in [-0.25, -0.2) is 22.0 Å². The lowest BCUT2D eigenvalue weighted by molar-refractivity contribution is -0.124. The summed E-state index contributed by atoms with van der Waals surface area (Å²) in [5, 5.41) is 18.2. The minimum atomic E-state index is -3.80. The summed E-state index contributed by atoms with van der Waals surface area (Å²) in [4.78, 5) is 25.3. The van der Waals surface area contributed by atoms with Crippen molar-refractivity contribution in [2.24, 2.45) is 5.92 Å². The van der Waals surface area contributed by atoms with E-state index in [9.17, 15) is 31.9 Å². The molecule has 3 atom stereocenters. The van der Waals surface area contributed by atoms with E-state index in [4.69, 9.17) is 0 Å². The number of amides is 2. The van der Waals surface area contributed by atoms with Crippen molar-refractivity contribution in [3.05, 3.63) is 35.4 Å². The van der Waals surface area contributed by atoms with E-state index in [0.29, 0.717) is 44.2 Å². The fraction of sp³-hybridized carbons (Fsp3) is 0.704. The van der Waals surface area contributed by atoms with Crippen molar-refractivity contribution < 1.29 is 36.6 Å². The molecule has 12 heteroatoms. The van der Waals surface area contributed by atoms with Gasteiger partial charge in [0, 0.05) is 12.6 Å². The summed E-state index contributed by atoms with van der Waals surface area (Å²) < 4.78 is 58.7. The second-order valence-electron chi connectivity index (χ2n) is 10.3. The standard InChI is InChI=1S/C27H45F2N3O6S/c1-6-8-22(9-7-2)39(36,37)17-24(32-27(35)38-5)26(34)31-23(25(33)16-30-11-10-18(3)4)14-19-12-20(28)15-21(29)13-19/h12-13,15,18,22-25,30,33H,6-11,14,16-17H2,1-5H3,(H,31,34)(H,32,35)/t23-,24+,25+/m0/s1. The molecule has 0 aromatic heterocycles. The first kappa shape index (κ1) is 34.7. The number of sulfone groups is 1. The maximum absolute atomic E-state index is 13.8. The molecule has 0 bridgehead atoms. The quantitative estimate of drug-likeness (QED) is 0.197. The van der Waals surface area contributed by atoms with Crippen LogP contribution in [-0.4, -0.2) is 74.9 Å². The summed E-state index contributed by atoms with van der Waals surface area (Å²) in [5.74, 6) is -2.72. The van der Waals surface area contributed by atoms with Gasteiger partial charge in [0.2, 0.25) is 5.91 Å². The Kier molecular flexibility index (Phi) is 15.5. The van der Waals surface area contributed by atoms with Crippen LogP contribution in [-0.2, 0) is 25.8 Å².